The van der Waals surface area contributed by atoms with Crippen molar-refractivity contribution in [2.75, 3.05) is 43.0 Å². The van der Waals surface area contributed by atoms with E-state index in [1.54, 1.807) is 30.2 Å². The maximum atomic E-state index is 11.8. The van der Waals surface area contributed by atoms with E-state index in [1.165, 1.54) is 0 Å². The van der Waals surface area contributed by atoms with E-state index >= 15 is 0 Å². The first-order valence-corrected chi connectivity index (χ1v) is 9.05. The predicted octanol–water partition coefficient (Wildman–Crippen LogP) is 3.81. The zero-order valence-electron chi connectivity index (χ0n) is 14.3. The zero-order chi connectivity index (χ0) is 18.5. The van der Waals surface area contributed by atoms with E-state index in [1.807, 2.05) is 17.0 Å². The summed E-state index contributed by atoms with van der Waals surface area (Å²) in [7, 11) is 0. The molecule has 1 aliphatic heterocycles. The van der Waals surface area contributed by atoms with E-state index in [9.17, 15) is 4.79 Å². The van der Waals surface area contributed by atoms with Crippen molar-refractivity contribution in [3.63, 3.8) is 0 Å². The van der Waals surface area contributed by atoms with E-state index in [4.69, 9.17) is 27.9 Å². The third-order valence-corrected chi connectivity index (χ3v) is 4.76. The van der Waals surface area contributed by atoms with Gasteiger partial charge in [0.1, 0.15) is 5.82 Å². The van der Waals surface area contributed by atoms with Crippen LogP contribution >= 0.6 is 23.2 Å². The van der Waals surface area contributed by atoms with Crippen LogP contribution < -0.4 is 10.2 Å². The molecule has 1 aromatic heterocycles. The van der Waals surface area contributed by atoms with Crippen LogP contribution in [0.5, 0.6) is 0 Å². The van der Waals surface area contributed by atoms with Crippen molar-refractivity contribution < 1.29 is 9.53 Å². The van der Waals surface area contributed by atoms with Crippen molar-refractivity contribution in [3.8, 4) is 0 Å². The molecule has 0 bridgehead atoms. The van der Waals surface area contributed by atoms with Gasteiger partial charge in [-0.1, -0.05) is 29.3 Å². The fraction of sp³-hybridized carbons (Fsp3) is 0.353. The molecule has 0 radical (unpaired) electrons. The molecule has 9 heteroatoms. The van der Waals surface area contributed by atoms with Crippen LogP contribution in [0.4, 0.5) is 22.2 Å². The number of nitrogens with one attached hydrogen (secondary N) is 1. The van der Waals surface area contributed by atoms with E-state index in [0.717, 1.165) is 0 Å². The predicted molar refractivity (Wildman–Crippen MR) is 103 cm³/mol. The van der Waals surface area contributed by atoms with Gasteiger partial charge in [-0.25, -0.2) is 9.78 Å². The molecular weight excluding hydrogens is 377 g/mol. The molecule has 2 aromatic rings. The van der Waals surface area contributed by atoms with Gasteiger partial charge in [0, 0.05) is 32.4 Å². The molecule has 1 aliphatic rings. The molecule has 0 aliphatic carbocycles. The SMILES string of the molecule is CCOC(=O)N1CCN(c2nccc(Nc3cccc(Cl)c3Cl)n2)CC1. The molecular formula is C17H19Cl2N5O2. The first-order chi connectivity index (χ1) is 12.6. The molecule has 2 heterocycles. The lowest BCUT2D eigenvalue weighted by molar-refractivity contribution is 0.105. The average molecular weight is 396 g/mol. The molecule has 0 unspecified atom stereocenters. The van der Waals surface area contributed by atoms with Gasteiger partial charge in [-0.15, -0.1) is 0 Å². The number of hydrogen-bond donors (Lipinski definition) is 1. The second kappa shape index (κ2) is 8.42. The van der Waals surface area contributed by atoms with Gasteiger partial charge in [0.2, 0.25) is 5.95 Å². The molecule has 0 atom stereocenters. The second-order valence-electron chi connectivity index (χ2n) is 5.64. The minimum Gasteiger partial charge on any atom is -0.450 e. The first-order valence-electron chi connectivity index (χ1n) is 8.29. The number of hydrogen-bond acceptors (Lipinski definition) is 6. The van der Waals surface area contributed by atoms with Crippen LogP contribution in [0.15, 0.2) is 30.5 Å². The highest BCUT2D eigenvalue weighted by atomic mass is 35.5. The number of anilines is 3. The maximum absolute atomic E-state index is 11.8. The van der Waals surface area contributed by atoms with Crippen LogP contribution in [-0.2, 0) is 4.74 Å². The topological polar surface area (TPSA) is 70.6 Å². The number of halogens is 2. The van der Waals surface area contributed by atoms with Gasteiger partial charge in [0.05, 0.1) is 22.3 Å². The Morgan fingerprint density at radius 1 is 1.23 bits per heavy atom. The summed E-state index contributed by atoms with van der Waals surface area (Å²) < 4.78 is 5.03. The minimum atomic E-state index is -0.279. The number of ether oxygens (including phenoxy) is 1. The van der Waals surface area contributed by atoms with Crippen LogP contribution in [0, 0.1) is 0 Å². The first kappa shape index (κ1) is 18.5. The highest BCUT2D eigenvalue weighted by molar-refractivity contribution is 6.43. The monoisotopic (exact) mass is 395 g/mol. The third-order valence-electron chi connectivity index (χ3n) is 3.95. The smallest absolute Gasteiger partial charge is 0.409 e. The Hall–Kier alpha value is -2.25. The number of carbonyl (C=O) groups excluding carboxylic acids is 1. The summed E-state index contributed by atoms with van der Waals surface area (Å²) in [6.45, 7) is 4.59. The molecule has 1 fully saturated rings. The van der Waals surface area contributed by atoms with E-state index < -0.39 is 0 Å². The lowest BCUT2D eigenvalue weighted by Crippen LogP contribution is -2.49. The van der Waals surface area contributed by atoms with Gasteiger partial charge in [-0.2, -0.15) is 4.98 Å². The van der Waals surface area contributed by atoms with Crippen LogP contribution in [0.1, 0.15) is 6.92 Å². The van der Waals surface area contributed by atoms with Crippen molar-refractivity contribution >= 4 is 46.7 Å². The fourth-order valence-corrected chi connectivity index (χ4v) is 2.96. The zero-order valence-corrected chi connectivity index (χ0v) is 15.8. The number of amides is 1. The number of aromatic nitrogens is 2. The normalized spacial score (nSPS) is 14.3. The Labute approximate surface area is 161 Å². The number of benzene rings is 1. The summed E-state index contributed by atoms with van der Waals surface area (Å²) in [6, 6.07) is 7.13. The summed E-state index contributed by atoms with van der Waals surface area (Å²) in [5.41, 5.74) is 0.677. The van der Waals surface area contributed by atoms with Gasteiger partial charge in [0.25, 0.3) is 0 Å². The standard InChI is InChI=1S/C17H19Cl2N5O2/c1-2-26-17(25)24-10-8-23(9-11-24)16-20-7-6-14(22-16)21-13-5-3-4-12(18)15(13)19/h3-7H,2,8-11H2,1H3,(H,20,21,22). The summed E-state index contributed by atoms with van der Waals surface area (Å²) >= 11 is 12.2. The van der Waals surface area contributed by atoms with Gasteiger partial charge >= 0.3 is 6.09 Å². The summed E-state index contributed by atoms with van der Waals surface area (Å²) in [5, 5.41) is 4.07. The van der Waals surface area contributed by atoms with Gasteiger partial charge in [-0.05, 0) is 25.1 Å². The van der Waals surface area contributed by atoms with E-state index in [0.29, 0.717) is 60.3 Å². The Morgan fingerprint density at radius 3 is 2.73 bits per heavy atom. The number of piperazine rings is 1. The summed E-state index contributed by atoms with van der Waals surface area (Å²) in [6.07, 6.45) is 1.40. The van der Waals surface area contributed by atoms with Gasteiger partial charge in [0.15, 0.2) is 0 Å². The van der Waals surface area contributed by atoms with Crippen molar-refractivity contribution in [3.05, 3.63) is 40.5 Å². The molecule has 26 heavy (non-hydrogen) atoms. The van der Waals surface area contributed by atoms with Crippen molar-refractivity contribution in [2.24, 2.45) is 0 Å². The van der Waals surface area contributed by atoms with Gasteiger partial charge < -0.3 is 19.9 Å². The molecule has 0 spiro atoms. The molecule has 1 N–H and O–H groups in total. The fourth-order valence-electron chi connectivity index (χ4n) is 2.61. The number of rotatable bonds is 4. The molecule has 1 saturated heterocycles. The number of carbonyl (C=O) groups is 1. The molecule has 7 nitrogen and oxygen atoms in total. The maximum Gasteiger partial charge on any atom is 0.409 e. The second-order valence-corrected chi connectivity index (χ2v) is 6.43. The Morgan fingerprint density at radius 2 is 2.00 bits per heavy atom. The Bertz CT molecular complexity index is 781. The highest BCUT2D eigenvalue weighted by Crippen LogP contribution is 2.31. The van der Waals surface area contributed by atoms with Crippen molar-refractivity contribution in [2.45, 2.75) is 6.92 Å². The minimum absolute atomic E-state index is 0.279. The molecule has 1 amide bonds. The summed E-state index contributed by atoms with van der Waals surface area (Å²) in [5.74, 6) is 1.21. The molecule has 3 rings (SSSR count). The quantitative estimate of drug-likeness (QED) is 0.848. The van der Waals surface area contributed by atoms with Crippen LogP contribution in [0.25, 0.3) is 0 Å². The van der Waals surface area contributed by atoms with Crippen LogP contribution in [0.3, 0.4) is 0 Å². The number of nitrogens with zero attached hydrogens (tertiary/aromatic N) is 4. The lowest BCUT2D eigenvalue weighted by atomic mass is 10.3. The van der Waals surface area contributed by atoms with E-state index in [-0.39, 0.29) is 6.09 Å². The van der Waals surface area contributed by atoms with Crippen molar-refractivity contribution in [1.29, 1.82) is 0 Å². The largest absolute Gasteiger partial charge is 0.450 e. The van der Waals surface area contributed by atoms with Crippen LogP contribution in [-0.4, -0.2) is 53.7 Å². The average Bonchev–Trinajstić information content (AvgIpc) is 2.66. The van der Waals surface area contributed by atoms with E-state index in [2.05, 4.69) is 15.3 Å². The highest BCUT2D eigenvalue weighted by Gasteiger charge is 2.23. The molecule has 0 saturated carbocycles. The Balaban J connectivity index is 1.67. The third kappa shape index (κ3) is 4.28. The Kier molecular flexibility index (Phi) is 6.00. The summed E-state index contributed by atoms with van der Waals surface area (Å²) in [4.78, 5) is 24.4. The molecule has 138 valence electrons. The lowest BCUT2D eigenvalue weighted by Gasteiger charge is -2.34. The molecule has 1 aromatic carbocycles. The van der Waals surface area contributed by atoms with Crippen molar-refractivity contribution in [1.82, 2.24) is 14.9 Å². The van der Waals surface area contributed by atoms with Gasteiger partial charge in [-0.3, -0.25) is 0 Å². The van der Waals surface area contributed by atoms with Crippen LogP contribution in [0.2, 0.25) is 10.0 Å².